The average Bonchev–Trinajstić information content (AvgIpc) is 2.44. The molecule has 112 valence electrons. The molecular formula is C14H22IN3O2. The fourth-order valence-corrected chi connectivity index (χ4v) is 2.12. The number of benzene rings is 1. The van der Waals surface area contributed by atoms with Gasteiger partial charge in [-0.05, 0) is 12.5 Å². The van der Waals surface area contributed by atoms with Gasteiger partial charge in [-0.1, -0.05) is 18.2 Å². The minimum atomic E-state index is 0. The molecule has 1 atom stereocenters. The molecule has 20 heavy (non-hydrogen) atoms. The van der Waals surface area contributed by atoms with Crippen LogP contribution >= 0.6 is 24.0 Å². The monoisotopic (exact) mass is 391 g/mol. The lowest BCUT2D eigenvalue weighted by Gasteiger charge is -2.26. The number of ether oxygens (including phenoxy) is 2. The molecule has 0 aliphatic carbocycles. The predicted molar refractivity (Wildman–Crippen MR) is 90.8 cm³/mol. The van der Waals surface area contributed by atoms with E-state index < -0.39 is 0 Å². The zero-order valence-electron chi connectivity index (χ0n) is 11.7. The normalized spacial score (nSPS) is 17.6. The van der Waals surface area contributed by atoms with E-state index in [4.69, 9.17) is 15.2 Å². The van der Waals surface area contributed by atoms with Gasteiger partial charge in [0, 0.05) is 32.2 Å². The van der Waals surface area contributed by atoms with Gasteiger partial charge in [-0.2, -0.15) is 0 Å². The van der Waals surface area contributed by atoms with Crippen molar-refractivity contribution in [3.63, 3.8) is 0 Å². The second kappa shape index (κ2) is 9.02. The highest BCUT2D eigenvalue weighted by Crippen LogP contribution is 2.31. The van der Waals surface area contributed by atoms with Gasteiger partial charge in [-0.15, -0.1) is 24.0 Å². The third-order valence-electron chi connectivity index (χ3n) is 3.07. The fraction of sp³-hybridized carbons (Fsp3) is 0.500. The van der Waals surface area contributed by atoms with E-state index in [1.54, 1.807) is 7.11 Å². The Hall–Kier alpha value is -1.02. The molecule has 5 nitrogen and oxygen atoms in total. The molecule has 1 heterocycles. The number of hydrogen-bond donors (Lipinski definition) is 2. The van der Waals surface area contributed by atoms with Crippen LogP contribution in [0.1, 0.15) is 24.4 Å². The Morgan fingerprint density at radius 2 is 2.30 bits per heavy atom. The molecule has 0 amide bonds. The molecular weight excluding hydrogens is 369 g/mol. The molecule has 1 aliphatic rings. The summed E-state index contributed by atoms with van der Waals surface area (Å²) < 4.78 is 10.6. The van der Waals surface area contributed by atoms with E-state index in [-0.39, 0.29) is 30.0 Å². The van der Waals surface area contributed by atoms with Crippen LogP contribution in [-0.2, 0) is 4.74 Å². The molecule has 0 saturated carbocycles. The number of guanidine groups is 1. The predicted octanol–water partition coefficient (Wildman–Crippen LogP) is 2.07. The number of rotatable bonds is 5. The number of halogens is 1. The van der Waals surface area contributed by atoms with Crippen LogP contribution in [0.15, 0.2) is 29.3 Å². The molecule has 0 saturated heterocycles. The van der Waals surface area contributed by atoms with Gasteiger partial charge in [0.15, 0.2) is 5.96 Å². The molecule has 0 spiro atoms. The molecule has 0 fully saturated rings. The molecule has 1 aromatic rings. The molecule has 1 aromatic carbocycles. The van der Waals surface area contributed by atoms with E-state index in [0.717, 1.165) is 24.2 Å². The second-order valence-electron chi connectivity index (χ2n) is 4.49. The molecule has 1 aliphatic heterocycles. The molecule has 3 N–H and O–H groups in total. The van der Waals surface area contributed by atoms with Crippen molar-refractivity contribution in [2.75, 3.05) is 26.9 Å². The summed E-state index contributed by atoms with van der Waals surface area (Å²) in [5, 5.41) is 3.26. The maximum Gasteiger partial charge on any atom is 0.189 e. The Bertz CT molecular complexity index is 440. The van der Waals surface area contributed by atoms with Crippen LogP contribution in [0.2, 0.25) is 0 Å². The third-order valence-corrected chi connectivity index (χ3v) is 3.07. The quantitative estimate of drug-likeness (QED) is 0.349. The number of hydrogen-bond acceptors (Lipinski definition) is 3. The van der Waals surface area contributed by atoms with Gasteiger partial charge in [-0.3, -0.25) is 4.99 Å². The van der Waals surface area contributed by atoms with Crippen molar-refractivity contribution in [2.24, 2.45) is 10.7 Å². The Balaban J connectivity index is 0.00000200. The van der Waals surface area contributed by atoms with Gasteiger partial charge in [-0.25, -0.2) is 0 Å². The number of nitrogens with two attached hydrogens (primary N) is 1. The number of para-hydroxylation sites is 1. The first-order valence-corrected chi connectivity index (χ1v) is 6.58. The van der Waals surface area contributed by atoms with Crippen LogP contribution in [0.25, 0.3) is 0 Å². The highest BCUT2D eigenvalue weighted by atomic mass is 127. The van der Waals surface area contributed by atoms with Crippen LogP contribution < -0.4 is 15.8 Å². The second-order valence-corrected chi connectivity index (χ2v) is 4.49. The van der Waals surface area contributed by atoms with Crippen LogP contribution in [-0.4, -0.2) is 32.8 Å². The number of methoxy groups -OCH3 is 1. The number of nitrogens with zero attached hydrogens (tertiary/aromatic N) is 1. The number of fused-ring (bicyclic) bond motifs is 1. The Morgan fingerprint density at radius 1 is 1.50 bits per heavy atom. The maximum atomic E-state index is 5.90. The summed E-state index contributed by atoms with van der Waals surface area (Å²) in [7, 11) is 1.68. The molecule has 1 unspecified atom stereocenters. The first-order valence-electron chi connectivity index (χ1n) is 6.58. The summed E-state index contributed by atoms with van der Waals surface area (Å²) in [6.45, 7) is 2.08. The van der Waals surface area contributed by atoms with E-state index in [9.17, 15) is 0 Å². The summed E-state index contributed by atoms with van der Waals surface area (Å²) in [6.07, 6.45) is 1.77. The Kier molecular flexibility index (Phi) is 7.68. The lowest BCUT2D eigenvalue weighted by molar-refractivity contribution is 0.197. The topological polar surface area (TPSA) is 68.9 Å². The van der Waals surface area contributed by atoms with Gasteiger partial charge in [0.1, 0.15) is 5.75 Å². The lowest BCUT2D eigenvalue weighted by atomic mass is 10.0. The molecule has 0 aromatic heterocycles. The van der Waals surface area contributed by atoms with Crippen LogP contribution in [0.3, 0.4) is 0 Å². The Morgan fingerprint density at radius 3 is 3.10 bits per heavy atom. The minimum Gasteiger partial charge on any atom is -0.493 e. The highest BCUT2D eigenvalue weighted by molar-refractivity contribution is 14.0. The smallest absolute Gasteiger partial charge is 0.189 e. The summed E-state index contributed by atoms with van der Waals surface area (Å²) in [4.78, 5) is 4.29. The van der Waals surface area contributed by atoms with Gasteiger partial charge in [0.2, 0.25) is 0 Å². The summed E-state index contributed by atoms with van der Waals surface area (Å²) in [6, 6.07) is 8.20. The average molecular weight is 391 g/mol. The van der Waals surface area contributed by atoms with Crippen molar-refractivity contribution in [3.05, 3.63) is 29.8 Å². The van der Waals surface area contributed by atoms with E-state index in [1.165, 1.54) is 0 Å². The van der Waals surface area contributed by atoms with Crippen LogP contribution in [0, 0.1) is 0 Å². The maximum absolute atomic E-state index is 5.90. The molecule has 6 heteroatoms. The van der Waals surface area contributed by atoms with E-state index >= 15 is 0 Å². The van der Waals surface area contributed by atoms with Crippen molar-refractivity contribution in [2.45, 2.75) is 18.9 Å². The summed E-state index contributed by atoms with van der Waals surface area (Å²) >= 11 is 0. The fourth-order valence-electron chi connectivity index (χ4n) is 2.12. The molecule has 0 radical (unpaired) electrons. The standard InChI is InChI=1S/C14H21N3O2.HI/c1-18-9-4-8-16-14(15)17-12-7-10-19-13-6-3-2-5-11(12)13;/h2-3,5-6,12H,4,7-10H2,1H3,(H3,15,16,17);1H. The SMILES string of the molecule is COCCCN=C(N)NC1CCOc2ccccc21.I. The highest BCUT2D eigenvalue weighted by Gasteiger charge is 2.20. The van der Waals surface area contributed by atoms with Gasteiger partial charge >= 0.3 is 0 Å². The van der Waals surface area contributed by atoms with Crippen molar-refractivity contribution in [1.29, 1.82) is 0 Å². The number of aliphatic imine (C=N–C) groups is 1. The zero-order valence-corrected chi connectivity index (χ0v) is 14.0. The van der Waals surface area contributed by atoms with Crippen LogP contribution in [0.5, 0.6) is 5.75 Å². The third kappa shape index (κ3) is 4.82. The van der Waals surface area contributed by atoms with Gasteiger partial charge in [0.25, 0.3) is 0 Å². The van der Waals surface area contributed by atoms with Crippen LogP contribution in [0.4, 0.5) is 0 Å². The lowest BCUT2D eigenvalue weighted by Crippen LogP contribution is -2.37. The molecule has 2 rings (SSSR count). The Labute approximate surface area is 137 Å². The number of nitrogens with one attached hydrogen (secondary N) is 1. The summed E-state index contributed by atoms with van der Waals surface area (Å²) in [5.41, 5.74) is 7.04. The zero-order chi connectivity index (χ0) is 13.5. The minimum absolute atomic E-state index is 0. The largest absolute Gasteiger partial charge is 0.493 e. The first kappa shape index (κ1) is 17.0. The van der Waals surface area contributed by atoms with Gasteiger partial charge in [0.05, 0.1) is 12.6 Å². The van der Waals surface area contributed by atoms with Crippen molar-refractivity contribution >= 4 is 29.9 Å². The van der Waals surface area contributed by atoms with Crippen molar-refractivity contribution in [3.8, 4) is 5.75 Å². The van der Waals surface area contributed by atoms with E-state index in [1.807, 2.05) is 18.2 Å². The van der Waals surface area contributed by atoms with Gasteiger partial charge < -0.3 is 20.5 Å². The van der Waals surface area contributed by atoms with E-state index in [0.29, 0.717) is 25.7 Å². The summed E-state index contributed by atoms with van der Waals surface area (Å²) in [5.74, 6) is 1.41. The van der Waals surface area contributed by atoms with Crippen molar-refractivity contribution < 1.29 is 9.47 Å². The van der Waals surface area contributed by atoms with Crippen molar-refractivity contribution in [1.82, 2.24) is 5.32 Å². The van der Waals surface area contributed by atoms with E-state index in [2.05, 4.69) is 16.4 Å². The molecule has 0 bridgehead atoms. The first-order chi connectivity index (χ1) is 9.31.